The number of ketones is 1. The Morgan fingerprint density at radius 3 is 1.72 bits per heavy atom. The van der Waals surface area contributed by atoms with Crippen LogP contribution in [0.4, 0.5) is 0 Å². The molecule has 2 heterocycles. The van der Waals surface area contributed by atoms with E-state index in [2.05, 4.69) is 93.5 Å². The van der Waals surface area contributed by atoms with Crippen molar-refractivity contribution >= 4 is 35.0 Å². The molecule has 4 heteroatoms. The van der Waals surface area contributed by atoms with Crippen LogP contribution in [0.25, 0.3) is 6.08 Å². The van der Waals surface area contributed by atoms with E-state index in [1.54, 1.807) is 12.2 Å². The number of allylic oxidation sites excluding steroid dienone is 8. The topological polar surface area (TPSA) is 40.1 Å². The number of carbonyl (C=O) groups is 1. The number of hydrogen-bond acceptors (Lipinski definition) is 3. The van der Waals surface area contributed by atoms with E-state index in [0.29, 0.717) is 23.0 Å². The molecule has 0 fully saturated rings. The van der Waals surface area contributed by atoms with Gasteiger partial charge in [0, 0.05) is 34.1 Å². The van der Waals surface area contributed by atoms with Gasteiger partial charge in [-0.2, -0.15) is 0 Å². The van der Waals surface area contributed by atoms with E-state index >= 15 is 0 Å². The summed E-state index contributed by atoms with van der Waals surface area (Å²) in [4.78, 5) is 18.2. The summed E-state index contributed by atoms with van der Waals surface area (Å²) in [5.41, 5.74) is 2.47. The van der Waals surface area contributed by atoms with Gasteiger partial charge in [0.2, 0.25) is 21.1 Å². The molecule has 0 N–H and O–H groups in total. The molecule has 1 aromatic heterocycles. The third-order valence-corrected chi connectivity index (χ3v) is 9.02. The molecule has 194 valence electrons. The van der Waals surface area contributed by atoms with Crippen LogP contribution >= 0.6 is 23.1 Å². The van der Waals surface area contributed by atoms with Crippen molar-refractivity contribution < 1.29 is 9.90 Å². The smallest absolute Gasteiger partial charge is 0.219 e. The molecule has 2 nitrogen and oxygen atoms in total. The molecule has 36 heavy (non-hydrogen) atoms. The molecule has 1 aromatic rings. The van der Waals surface area contributed by atoms with Gasteiger partial charge in [0.1, 0.15) is 0 Å². The molecule has 0 aromatic carbocycles. The lowest BCUT2D eigenvalue weighted by Gasteiger charge is -2.29. The van der Waals surface area contributed by atoms with Crippen molar-refractivity contribution in [2.24, 2.45) is 11.8 Å². The Hall–Kier alpha value is -1.91. The van der Waals surface area contributed by atoms with Crippen molar-refractivity contribution in [3.8, 4) is 0 Å². The van der Waals surface area contributed by atoms with Crippen LogP contribution in [-0.2, 0) is 15.6 Å². The molecule has 0 spiro atoms. The van der Waals surface area contributed by atoms with Crippen LogP contribution in [0.3, 0.4) is 0 Å². The van der Waals surface area contributed by atoms with E-state index in [1.807, 2.05) is 23.1 Å². The van der Waals surface area contributed by atoms with Gasteiger partial charge in [-0.15, -0.1) is 0 Å². The normalized spacial score (nSPS) is 18.2. The second kappa shape index (κ2) is 10.8. The first-order chi connectivity index (χ1) is 16.5. The van der Waals surface area contributed by atoms with E-state index in [0.717, 1.165) is 24.0 Å². The molecule has 0 radical (unpaired) electrons. The van der Waals surface area contributed by atoms with Crippen molar-refractivity contribution in [1.82, 2.24) is 0 Å². The van der Waals surface area contributed by atoms with Crippen molar-refractivity contribution in [2.45, 2.75) is 92.9 Å². The zero-order valence-corrected chi connectivity index (χ0v) is 25.3. The lowest BCUT2D eigenvalue weighted by Crippen LogP contribution is -2.29. The highest BCUT2D eigenvalue weighted by atomic mass is 32.2. The molecule has 0 bridgehead atoms. The minimum absolute atomic E-state index is 0.00638. The largest absolute Gasteiger partial charge is 0.871 e. The maximum Gasteiger partial charge on any atom is 0.219 e. The molecule has 1 aliphatic carbocycles. The van der Waals surface area contributed by atoms with Gasteiger partial charge in [0.15, 0.2) is 5.78 Å². The van der Waals surface area contributed by atoms with Gasteiger partial charge in [-0.05, 0) is 69.9 Å². The zero-order chi connectivity index (χ0) is 27.0. The highest BCUT2D eigenvalue weighted by molar-refractivity contribution is 8.06. The summed E-state index contributed by atoms with van der Waals surface area (Å²) in [5, 5.41) is 13.1. The lowest BCUT2D eigenvalue weighted by molar-refractivity contribution is -0.300. The zero-order valence-electron chi connectivity index (χ0n) is 23.7. The van der Waals surface area contributed by atoms with Crippen LogP contribution in [0.1, 0.15) is 97.4 Å². The molecule has 0 atom stereocenters. The summed E-state index contributed by atoms with van der Waals surface area (Å²) >= 11 is 3.66. The Morgan fingerprint density at radius 2 is 1.33 bits per heavy atom. The minimum Gasteiger partial charge on any atom is -0.871 e. The second-order valence-electron chi connectivity index (χ2n) is 12.9. The van der Waals surface area contributed by atoms with Crippen molar-refractivity contribution in [1.29, 1.82) is 0 Å². The summed E-state index contributed by atoms with van der Waals surface area (Å²) in [6, 6.07) is 4.26. The van der Waals surface area contributed by atoms with E-state index in [4.69, 9.17) is 0 Å². The summed E-state index contributed by atoms with van der Waals surface area (Å²) in [5.74, 6) is 0.816. The summed E-state index contributed by atoms with van der Waals surface area (Å²) in [7, 11) is 0. The van der Waals surface area contributed by atoms with E-state index in [9.17, 15) is 9.90 Å². The van der Waals surface area contributed by atoms with E-state index in [-0.39, 0.29) is 22.4 Å². The maximum atomic E-state index is 13.1. The van der Waals surface area contributed by atoms with Crippen LogP contribution in [-0.4, -0.2) is 5.78 Å². The van der Waals surface area contributed by atoms with E-state index in [1.165, 1.54) is 19.6 Å². The third kappa shape index (κ3) is 7.10. The van der Waals surface area contributed by atoms with Crippen LogP contribution < -0.4 is 5.11 Å². The molecular formula is C32H42O2S2. The van der Waals surface area contributed by atoms with Gasteiger partial charge in [-0.25, -0.2) is 0 Å². The van der Waals surface area contributed by atoms with Crippen molar-refractivity contribution in [2.75, 3.05) is 0 Å². The highest BCUT2D eigenvalue weighted by Crippen LogP contribution is 2.41. The van der Waals surface area contributed by atoms with Gasteiger partial charge in [0.25, 0.3) is 0 Å². The molecule has 2 aliphatic rings. The standard InChI is InChI=1S/C32H42O2S2/c1-19(2)11-23-13-21(14-24(35-23)12-20(3)4)15-25-29(33)26(30(25)34)16-22-17-27(31(5,6)7)36-28(18-22)32(8,9)10/h13-20H,11-12H2,1-10H3. The Balaban J connectivity index is 2.00. The average molecular weight is 523 g/mol. The second-order valence-corrected chi connectivity index (χ2v) is 15.2. The maximum absolute atomic E-state index is 13.1. The predicted molar refractivity (Wildman–Crippen MR) is 157 cm³/mol. The fourth-order valence-corrected chi connectivity index (χ4v) is 6.90. The van der Waals surface area contributed by atoms with Crippen LogP contribution in [0.15, 0.2) is 62.6 Å². The summed E-state index contributed by atoms with van der Waals surface area (Å²) < 4.78 is 0. The Morgan fingerprint density at radius 1 is 0.861 bits per heavy atom. The van der Waals surface area contributed by atoms with Crippen LogP contribution in [0.5, 0.6) is 0 Å². The number of hydrogen-bond donors (Lipinski definition) is 0. The average Bonchev–Trinajstić information content (AvgIpc) is 2.73. The monoisotopic (exact) mass is 522 g/mol. The molecule has 3 rings (SSSR count). The molecule has 0 saturated carbocycles. The Labute approximate surface area is 227 Å². The van der Waals surface area contributed by atoms with Gasteiger partial charge in [-0.1, -0.05) is 86.8 Å². The van der Waals surface area contributed by atoms with Crippen molar-refractivity contribution in [3.05, 3.63) is 78.0 Å². The van der Waals surface area contributed by atoms with Crippen LogP contribution in [0.2, 0.25) is 0 Å². The fourth-order valence-electron chi connectivity index (χ4n) is 4.10. The number of carbonyl (C=O) groups excluding carboxylic acids is 1. The number of thioether (sulfide) groups is 1. The Kier molecular flexibility index (Phi) is 8.62. The van der Waals surface area contributed by atoms with Gasteiger partial charge < -0.3 is 5.11 Å². The summed E-state index contributed by atoms with van der Waals surface area (Å²) in [6.45, 7) is 22.1. The molecule has 0 unspecified atom stereocenters. The van der Waals surface area contributed by atoms with Gasteiger partial charge >= 0.3 is 0 Å². The van der Waals surface area contributed by atoms with E-state index < -0.39 is 0 Å². The quantitative estimate of drug-likeness (QED) is 0.277. The lowest BCUT2D eigenvalue weighted by atomic mass is 9.84. The molecule has 0 amide bonds. The first-order valence-corrected chi connectivity index (χ1v) is 14.7. The fraction of sp³-hybridized carbons (Fsp3) is 0.500. The van der Waals surface area contributed by atoms with Crippen LogP contribution in [0, 0.1) is 11.8 Å². The minimum atomic E-state index is -0.148. The molecular weight excluding hydrogens is 480 g/mol. The van der Waals surface area contributed by atoms with Gasteiger partial charge in [0.05, 0.1) is 0 Å². The number of rotatable bonds is 6. The first kappa shape index (κ1) is 28.7. The number of Topliss-reactive ketones (excluding diaryl/α,β-unsaturated/α-hetero) is 1. The Bertz CT molecular complexity index is 1130. The van der Waals surface area contributed by atoms with Gasteiger partial charge in [-0.3, -0.25) is 4.79 Å². The van der Waals surface area contributed by atoms with Crippen molar-refractivity contribution in [3.63, 3.8) is 0 Å². The summed E-state index contributed by atoms with van der Waals surface area (Å²) in [6.07, 6.45) is 9.89. The first-order valence-electron chi connectivity index (χ1n) is 13.0. The third-order valence-electron chi connectivity index (χ3n) is 6.03. The molecule has 0 saturated heterocycles. The molecule has 1 aliphatic heterocycles. The highest BCUT2D eigenvalue weighted by Gasteiger charge is 2.32. The SMILES string of the molecule is CC(C)CC1=CC(=CC2=C([O-])C(=Cc3cc(C(C)(C)C)[s+]c(C(C)(C)C)c3)C2=O)C=C(CC(C)C)S1. The predicted octanol–water partition coefficient (Wildman–Crippen LogP) is 8.74.